The number of ether oxygens (including phenoxy) is 4. The monoisotopic (exact) mass is 618 g/mol. The van der Waals surface area contributed by atoms with Crippen LogP contribution in [0.5, 0.6) is 28.7 Å². The van der Waals surface area contributed by atoms with Gasteiger partial charge in [-0.3, -0.25) is 0 Å². The summed E-state index contributed by atoms with van der Waals surface area (Å²) in [6, 6.07) is 22.4. The van der Waals surface area contributed by atoms with Crippen molar-refractivity contribution in [3.8, 4) is 28.7 Å². The minimum Gasteiger partial charge on any atom is -0.508 e. The maximum atomic E-state index is 12.2. The molecule has 2 unspecified atom stereocenters. The molecule has 0 aromatic heterocycles. The number of esters is 2. The van der Waals surface area contributed by atoms with E-state index in [0.717, 1.165) is 29.3 Å². The zero-order valence-corrected chi connectivity index (χ0v) is 24.5. The summed E-state index contributed by atoms with van der Waals surface area (Å²) in [6.07, 6.45) is -1.49. The van der Waals surface area contributed by atoms with Crippen LogP contribution in [0.2, 0.25) is 0 Å². The lowest BCUT2D eigenvalue weighted by molar-refractivity contribution is 0.0127. The van der Waals surface area contributed by atoms with Crippen LogP contribution < -0.4 is 9.47 Å². The molecule has 0 aliphatic rings. The summed E-state index contributed by atoms with van der Waals surface area (Å²) in [7, 11) is 0. The van der Waals surface area contributed by atoms with Crippen molar-refractivity contribution in [1.29, 1.82) is 0 Å². The van der Waals surface area contributed by atoms with Gasteiger partial charge in [0.2, 0.25) is 0 Å². The molecule has 5 N–H and O–H groups in total. The number of aromatic hydroxyl groups is 3. The first-order valence-corrected chi connectivity index (χ1v) is 14.0. The molecule has 2 atom stereocenters. The molecular weight excluding hydrogens is 584 g/mol. The highest BCUT2D eigenvalue weighted by atomic mass is 16.6. The summed E-state index contributed by atoms with van der Waals surface area (Å²) in [5.74, 6) is -0.999. The van der Waals surface area contributed by atoms with Gasteiger partial charge in [-0.15, -0.1) is 0 Å². The van der Waals surface area contributed by atoms with Crippen LogP contribution in [-0.4, -0.2) is 76.1 Å². The number of rotatable bonds is 14. The van der Waals surface area contributed by atoms with E-state index in [1.807, 2.05) is 24.3 Å². The van der Waals surface area contributed by atoms with Crippen molar-refractivity contribution in [1.82, 2.24) is 0 Å². The number of carbonyl (C=O) groups excluding carboxylic acids is 2. The number of phenols is 3. The highest BCUT2D eigenvalue weighted by molar-refractivity contribution is 5.90. The van der Waals surface area contributed by atoms with E-state index in [1.54, 1.807) is 37.3 Å². The van der Waals surface area contributed by atoms with E-state index in [1.165, 1.54) is 12.1 Å². The van der Waals surface area contributed by atoms with Crippen LogP contribution in [0, 0.1) is 6.92 Å². The molecule has 0 heterocycles. The Bertz CT molecular complexity index is 1420. The maximum absolute atomic E-state index is 12.2. The number of aryl methyl sites for hydroxylation is 1. The second-order valence-electron chi connectivity index (χ2n) is 10.4. The fourth-order valence-corrected chi connectivity index (χ4v) is 4.23. The van der Waals surface area contributed by atoms with Crippen molar-refractivity contribution in [2.75, 3.05) is 26.4 Å². The van der Waals surface area contributed by atoms with Crippen LogP contribution >= 0.6 is 0 Å². The molecule has 0 radical (unpaired) electrons. The number of benzene rings is 4. The van der Waals surface area contributed by atoms with E-state index < -0.39 is 24.1 Å². The third-order valence-electron chi connectivity index (χ3n) is 6.39. The second-order valence-corrected chi connectivity index (χ2v) is 10.4. The maximum Gasteiger partial charge on any atom is 0.338 e. The van der Waals surface area contributed by atoms with Crippen molar-refractivity contribution in [2.24, 2.45) is 0 Å². The summed E-state index contributed by atoms with van der Waals surface area (Å²) >= 11 is 0. The molecule has 0 bridgehead atoms. The number of carbonyl (C=O) groups is 2. The van der Waals surface area contributed by atoms with Gasteiger partial charge < -0.3 is 44.5 Å². The quantitative estimate of drug-likeness (QED) is 0.130. The molecule has 4 aromatic carbocycles. The molecule has 45 heavy (non-hydrogen) atoms. The smallest absolute Gasteiger partial charge is 0.338 e. The van der Waals surface area contributed by atoms with Gasteiger partial charge in [0, 0.05) is 6.07 Å². The predicted molar refractivity (Wildman–Crippen MR) is 162 cm³/mol. The van der Waals surface area contributed by atoms with Gasteiger partial charge in [-0.05, 0) is 84.6 Å². The summed E-state index contributed by atoms with van der Waals surface area (Å²) < 4.78 is 21.3. The largest absolute Gasteiger partial charge is 0.508 e. The highest BCUT2D eigenvalue weighted by Gasteiger charge is 2.15. The van der Waals surface area contributed by atoms with Crippen molar-refractivity contribution in [3.63, 3.8) is 0 Å². The Balaban J connectivity index is 1.15. The Kier molecular flexibility index (Phi) is 11.2. The average Bonchev–Trinajstić information content (AvgIpc) is 3.00. The van der Waals surface area contributed by atoms with E-state index in [0.29, 0.717) is 23.5 Å². The Labute approximate surface area is 259 Å². The van der Waals surface area contributed by atoms with Gasteiger partial charge in [-0.1, -0.05) is 24.3 Å². The first-order valence-electron chi connectivity index (χ1n) is 14.0. The van der Waals surface area contributed by atoms with Gasteiger partial charge in [0.25, 0.3) is 0 Å². The van der Waals surface area contributed by atoms with Gasteiger partial charge in [-0.2, -0.15) is 0 Å². The molecule has 0 aliphatic heterocycles. The minimum absolute atomic E-state index is 0.0392. The molecule has 0 saturated heterocycles. The molecule has 0 amide bonds. The Morgan fingerprint density at radius 1 is 0.578 bits per heavy atom. The third-order valence-corrected chi connectivity index (χ3v) is 6.39. The number of aliphatic hydroxyl groups excluding tert-OH is 2. The van der Waals surface area contributed by atoms with Gasteiger partial charge in [0.05, 0.1) is 11.1 Å². The lowest BCUT2D eigenvalue weighted by Crippen LogP contribution is -2.25. The van der Waals surface area contributed by atoms with Crippen LogP contribution in [0.3, 0.4) is 0 Å². The van der Waals surface area contributed by atoms with E-state index in [9.17, 15) is 35.1 Å². The second kappa shape index (κ2) is 15.5. The van der Waals surface area contributed by atoms with E-state index >= 15 is 0 Å². The normalized spacial score (nSPS) is 12.2. The van der Waals surface area contributed by atoms with Crippen LogP contribution in [-0.2, 0) is 15.9 Å². The summed E-state index contributed by atoms with van der Waals surface area (Å²) in [5, 5.41) is 48.9. The topological polar surface area (TPSA) is 172 Å². The van der Waals surface area contributed by atoms with Crippen LogP contribution in [0.1, 0.15) is 37.4 Å². The summed E-state index contributed by atoms with van der Waals surface area (Å²) in [6.45, 7) is 0.956. The summed E-state index contributed by atoms with van der Waals surface area (Å²) in [4.78, 5) is 24.2. The molecule has 4 aromatic rings. The molecule has 0 saturated carbocycles. The van der Waals surface area contributed by atoms with E-state index in [4.69, 9.17) is 18.9 Å². The van der Waals surface area contributed by atoms with Gasteiger partial charge in [-0.25, -0.2) is 9.59 Å². The molecular formula is C34H34O11. The molecule has 0 spiro atoms. The number of aliphatic hydroxyl groups is 2. The fraction of sp³-hybridized carbons (Fsp3) is 0.235. The predicted octanol–water partition coefficient (Wildman–Crippen LogP) is 3.90. The molecule has 0 aliphatic carbocycles. The molecule has 4 rings (SSSR count). The average molecular weight is 619 g/mol. The van der Waals surface area contributed by atoms with E-state index in [2.05, 4.69) is 0 Å². The van der Waals surface area contributed by atoms with Gasteiger partial charge in [0.15, 0.2) is 0 Å². The third kappa shape index (κ3) is 10.4. The van der Waals surface area contributed by atoms with Crippen molar-refractivity contribution in [2.45, 2.75) is 25.6 Å². The van der Waals surface area contributed by atoms with E-state index in [-0.39, 0.29) is 54.8 Å². The molecule has 11 nitrogen and oxygen atoms in total. The summed E-state index contributed by atoms with van der Waals surface area (Å²) in [5.41, 5.74) is 2.89. The zero-order valence-electron chi connectivity index (χ0n) is 24.5. The van der Waals surface area contributed by atoms with Gasteiger partial charge >= 0.3 is 11.9 Å². The highest BCUT2D eigenvalue weighted by Crippen LogP contribution is 2.22. The van der Waals surface area contributed by atoms with Crippen LogP contribution in [0.25, 0.3) is 0 Å². The minimum atomic E-state index is -1.09. The first-order chi connectivity index (χ1) is 21.5. The fourth-order valence-electron chi connectivity index (χ4n) is 4.23. The first kappa shape index (κ1) is 32.6. The molecule has 11 heteroatoms. The number of phenolic OH excluding ortho intramolecular Hbond substituents is 3. The zero-order chi connectivity index (χ0) is 32.3. The van der Waals surface area contributed by atoms with Crippen molar-refractivity contribution < 1.29 is 54.1 Å². The van der Waals surface area contributed by atoms with Crippen LogP contribution in [0.4, 0.5) is 0 Å². The number of hydrogen-bond donors (Lipinski definition) is 5. The Morgan fingerprint density at radius 2 is 0.978 bits per heavy atom. The standard InChI is InChI=1S/C34H34O11/c1-21-10-24(13-26(35)11-21)33(40)44-19-29(38)17-42-31-6-2-22(3-7-31)12-23-4-8-32(9-5-23)43-18-30(39)20-45-34(41)25-14-27(36)16-28(37)15-25/h2-11,13-16,29-30,35-39H,12,17-20H2,1H3. The van der Waals surface area contributed by atoms with Gasteiger partial charge in [0.1, 0.15) is 67.4 Å². The van der Waals surface area contributed by atoms with Crippen LogP contribution in [0.15, 0.2) is 84.9 Å². The SMILES string of the molecule is Cc1cc(O)cc(C(=O)OCC(O)COc2ccc(Cc3ccc(OCC(O)COC(=O)c4cc(O)cc(O)c4)cc3)cc2)c1. The number of hydrogen-bond acceptors (Lipinski definition) is 11. The molecule has 0 fully saturated rings. The Hall–Kier alpha value is -5.26. The Morgan fingerprint density at radius 3 is 1.40 bits per heavy atom. The lowest BCUT2D eigenvalue weighted by Gasteiger charge is -2.14. The molecule has 236 valence electrons. The van der Waals surface area contributed by atoms with Crippen molar-refractivity contribution >= 4 is 11.9 Å². The van der Waals surface area contributed by atoms with Crippen molar-refractivity contribution in [3.05, 3.63) is 113 Å². The lowest BCUT2D eigenvalue weighted by atomic mass is 10.0.